The van der Waals surface area contributed by atoms with Gasteiger partial charge in [-0.15, -0.1) is 11.3 Å². The van der Waals surface area contributed by atoms with Gasteiger partial charge in [-0.25, -0.2) is 9.37 Å². The Labute approximate surface area is 110 Å². The van der Waals surface area contributed by atoms with Crippen molar-refractivity contribution in [1.82, 2.24) is 4.98 Å². The Morgan fingerprint density at radius 1 is 1.33 bits per heavy atom. The summed E-state index contributed by atoms with van der Waals surface area (Å²) < 4.78 is 13.7. The van der Waals surface area contributed by atoms with Crippen LogP contribution in [0.25, 0.3) is 0 Å². The van der Waals surface area contributed by atoms with E-state index in [-0.39, 0.29) is 5.82 Å². The zero-order valence-electron chi connectivity index (χ0n) is 10.7. The summed E-state index contributed by atoms with van der Waals surface area (Å²) in [5.41, 5.74) is 2.17. The maximum Gasteiger partial charge on any atom is 0.129 e. The van der Waals surface area contributed by atoms with Crippen LogP contribution in [0.2, 0.25) is 0 Å². The number of aromatic nitrogens is 1. The molecule has 0 aliphatic heterocycles. The molecule has 0 bridgehead atoms. The molecule has 2 aromatic rings. The molecule has 0 saturated heterocycles. The molecule has 0 radical (unpaired) electrons. The number of nitrogens with zero attached hydrogens (tertiary/aromatic N) is 1. The minimum Gasteiger partial charge on any atom is -0.388 e. The van der Waals surface area contributed by atoms with E-state index in [1.165, 1.54) is 6.07 Å². The van der Waals surface area contributed by atoms with Crippen LogP contribution in [0.4, 0.5) is 4.39 Å². The van der Waals surface area contributed by atoms with Crippen LogP contribution in [0.1, 0.15) is 32.8 Å². The van der Waals surface area contributed by atoms with Crippen molar-refractivity contribution in [3.05, 3.63) is 50.7 Å². The number of rotatable bonds is 3. The minimum absolute atomic E-state index is 0.339. The molecule has 0 fully saturated rings. The Kier molecular flexibility index (Phi) is 3.78. The summed E-state index contributed by atoms with van der Waals surface area (Å²) in [5, 5.41) is 10.9. The molecule has 1 atom stereocenters. The smallest absolute Gasteiger partial charge is 0.129 e. The van der Waals surface area contributed by atoms with Crippen molar-refractivity contribution >= 4 is 11.3 Å². The van der Waals surface area contributed by atoms with E-state index < -0.39 is 6.10 Å². The third-order valence-electron chi connectivity index (χ3n) is 2.96. The fourth-order valence-corrected chi connectivity index (χ4v) is 2.77. The Bertz CT molecular complexity index is 545. The Hall–Kier alpha value is -1.26. The van der Waals surface area contributed by atoms with Gasteiger partial charge in [-0.1, -0.05) is 12.1 Å². The quantitative estimate of drug-likeness (QED) is 0.921. The largest absolute Gasteiger partial charge is 0.388 e. The van der Waals surface area contributed by atoms with E-state index in [0.717, 1.165) is 21.1 Å². The molecule has 0 spiro atoms. The molecule has 1 heterocycles. The first kappa shape index (κ1) is 13.2. The van der Waals surface area contributed by atoms with E-state index >= 15 is 0 Å². The SMILES string of the molecule is Cc1ccc(C(O)Cc2nc(C)c(C)s2)c(F)c1. The Balaban J connectivity index is 2.19. The van der Waals surface area contributed by atoms with Gasteiger partial charge in [-0.3, -0.25) is 0 Å². The molecular weight excluding hydrogens is 249 g/mol. The summed E-state index contributed by atoms with van der Waals surface area (Å²) in [7, 11) is 0. The summed E-state index contributed by atoms with van der Waals surface area (Å²) in [6, 6.07) is 4.89. The van der Waals surface area contributed by atoms with E-state index in [0.29, 0.717) is 12.0 Å². The van der Waals surface area contributed by atoms with Gasteiger partial charge in [0.2, 0.25) is 0 Å². The molecule has 1 N–H and O–H groups in total. The van der Waals surface area contributed by atoms with Gasteiger partial charge in [-0.05, 0) is 32.4 Å². The number of hydrogen-bond donors (Lipinski definition) is 1. The predicted molar refractivity (Wildman–Crippen MR) is 71.4 cm³/mol. The lowest BCUT2D eigenvalue weighted by atomic mass is 10.0. The molecule has 2 nitrogen and oxygen atoms in total. The molecule has 0 aliphatic carbocycles. The maximum atomic E-state index is 13.7. The highest BCUT2D eigenvalue weighted by Gasteiger charge is 2.15. The third kappa shape index (κ3) is 2.76. The molecule has 2 rings (SSSR count). The summed E-state index contributed by atoms with van der Waals surface area (Å²) in [5.74, 6) is -0.354. The standard InChI is InChI=1S/C14H16FNOS/c1-8-4-5-11(12(15)6-8)13(17)7-14-16-9(2)10(3)18-14/h4-6,13,17H,7H2,1-3H3. The first-order chi connectivity index (χ1) is 8.47. The van der Waals surface area contributed by atoms with Gasteiger partial charge < -0.3 is 5.11 Å². The van der Waals surface area contributed by atoms with Crippen molar-refractivity contribution in [2.24, 2.45) is 0 Å². The molecule has 1 aromatic carbocycles. The molecule has 0 aliphatic rings. The lowest BCUT2D eigenvalue weighted by molar-refractivity contribution is 0.173. The molecule has 96 valence electrons. The molecule has 18 heavy (non-hydrogen) atoms. The van der Waals surface area contributed by atoms with Crippen molar-refractivity contribution in [1.29, 1.82) is 0 Å². The predicted octanol–water partition coefficient (Wildman–Crippen LogP) is 3.48. The fourth-order valence-electron chi connectivity index (χ4n) is 1.80. The van der Waals surface area contributed by atoms with Crippen molar-refractivity contribution in [2.45, 2.75) is 33.3 Å². The second-order valence-corrected chi connectivity index (χ2v) is 5.78. The van der Waals surface area contributed by atoms with Crippen LogP contribution in [-0.4, -0.2) is 10.1 Å². The van der Waals surface area contributed by atoms with Crippen LogP contribution in [0.3, 0.4) is 0 Å². The highest BCUT2D eigenvalue weighted by atomic mass is 32.1. The lowest BCUT2D eigenvalue weighted by Crippen LogP contribution is -2.04. The molecule has 0 amide bonds. The van der Waals surface area contributed by atoms with Crippen LogP contribution in [0.5, 0.6) is 0 Å². The summed E-state index contributed by atoms with van der Waals surface area (Å²) in [6.45, 7) is 5.76. The third-order valence-corrected chi connectivity index (χ3v) is 4.05. The van der Waals surface area contributed by atoms with Crippen LogP contribution < -0.4 is 0 Å². The van der Waals surface area contributed by atoms with Gasteiger partial charge in [0.05, 0.1) is 16.8 Å². The number of halogens is 1. The van der Waals surface area contributed by atoms with Crippen LogP contribution in [-0.2, 0) is 6.42 Å². The van der Waals surface area contributed by atoms with Gasteiger partial charge in [0.1, 0.15) is 5.82 Å². The zero-order valence-corrected chi connectivity index (χ0v) is 11.5. The van der Waals surface area contributed by atoms with Gasteiger partial charge in [-0.2, -0.15) is 0 Å². The van der Waals surface area contributed by atoms with E-state index in [1.54, 1.807) is 23.5 Å². The van der Waals surface area contributed by atoms with E-state index in [2.05, 4.69) is 4.98 Å². The van der Waals surface area contributed by atoms with Gasteiger partial charge in [0.15, 0.2) is 0 Å². The maximum absolute atomic E-state index is 13.7. The topological polar surface area (TPSA) is 33.1 Å². The van der Waals surface area contributed by atoms with E-state index in [9.17, 15) is 9.50 Å². The minimum atomic E-state index is -0.837. The number of thiazole rings is 1. The number of aryl methyl sites for hydroxylation is 3. The molecule has 0 saturated carbocycles. The van der Waals surface area contributed by atoms with Crippen molar-refractivity contribution in [3.63, 3.8) is 0 Å². The Morgan fingerprint density at radius 2 is 2.06 bits per heavy atom. The van der Waals surface area contributed by atoms with E-state index in [1.807, 2.05) is 20.8 Å². The van der Waals surface area contributed by atoms with Crippen molar-refractivity contribution in [3.8, 4) is 0 Å². The highest BCUT2D eigenvalue weighted by Crippen LogP contribution is 2.25. The summed E-state index contributed by atoms with van der Waals surface area (Å²) >= 11 is 1.55. The van der Waals surface area contributed by atoms with Crippen molar-refractivity contribution < 1.29 is 9.50 Å². The molecule has 1 unspecified atom stereocenters. The monoisotopic (exact) mass is 265 g/mol. The summed E-state index contributed by atoms with van der Waals surface area (Å²) in [4.78, 5) is 5.50. The highest BCUT2D eigenvalue weighted by molar-refractivity contribution is 7.11. The first-order valence-corrected chi connectivity index (χ1v) is 6.66. The van der Waals surface area contributed by atoms with Crippen LogP contribution in [0, 0.1) is 26.6 Å². The number of aliphatic hydroxyl groups is 1. The molecule has 4 heteroatoms. The van der Waals surface area contributed by atoms with Crippen LogP contribution >= 0.6 is 11.3 Å². The lowest BCUT2D eigenvalue weighted by Gasteiger charge is -2.10. The first-order valence-electron chi connectivity index (χ1n) is 5.84. The summed E-state index contributed by atoms with van der Waals surface area (Å²) in [6.07, 6.45) is -0.477. The number of aliphatic hydroxyl groups excluding tert-OH is 1. The van der Waals surface area contributed by atoms with Gasteiger partial charge in [0.25, 0.3) is 0 Å². The van der Waals surface area contributed by atoms with Gasteiger partial charge >= 0.3 is 0 Å². The average Bonchev–Trinajstić information content (AvgIpc) is 2.57. The van der Waals surface area contributed by atoms with Gasteiger partial charge in [0, 0.05) is 16.9 Å². The number of hydrogen-bond acceptors (Lipinski definition) is 3. The molecular formula is C14H16FNOS. The fraction of sp³-hybridized carbons (Fsp3) is 0.357. The van der Waals surface area contributed by atoms with Crippen LogP contribution in [0.15, 0.2) is 18.2 Å². The van der Waals surface area contributed by atoms with Crippen molar-refractivity contribution in [2.75, 3.05) is 0 Å². The Morgan fingerprint density at radius 3 is 2.61 bits per heavy atom. The second-order valence-electron chi connectivity index (χ2n) is 4.49. The number of benzene rings is 1. The van der Waals surface area contributed by atoms with E-state index in [4.69, 9.17) is 0 Å². The molecule has 1 aromatic heterocycles. The zero-order chi connectivity index (χ0) is 13.3. The second kappa shape index (κ2) is 5.16. The average molecular weight is 265 g/mol. The normalized spacial score (nSPS) is 12.7.